The Labute approximate surface area is 138 Å². The SMILES string of the molecule is CC(OC(=O)c1ccccc1Sc1ccccc1C#N)C(N)=O. The molecule has 2 rings (SSSR count). The van der Waals surface area contributed by atoms with Gasteiger partial charge in [0.1, 0.15) is 6.07 Å². The summed E-state index contributed by atoms with van der Waals surface area (Å²) in [5.41, 5.74) is 5.94. The fourth-order valence-corrected chi connectivity index (χ4v) is 2.79. The van der Waals surface area contributed by atoms with Crippen molar-refractivity contribution in [3.05, 3.63) is 59.7 Å². The molecule has 6 heteroatoms. The van der Waals surface area contributed by atoms with Crippen LogP contribution in [0.2, 0.25) is 0 Å². The first kappa shape index (κ1) is 16.6. The molecule has 0 aromatic heterocycles. The van der Waals surface area contributed by atoms with Gasteiger partial charge in [0, 0.05) is 9.79 Å². The number of rotatable bonds is 5. The average Bonchev–Trinajstić information content (AvgIpc) is 2.55. The number of amides is 1. The Bertz CT molecular complexity index is 783. The fraction of sp³-hybridized carbons (Fsp3) is 0.118. The Hall–Kier alpha value is -2.78. The number of benzene rings is 2. The van der Waals surface area contributed by atoms with Crippen LogP contribution in [-0.4, -0.2) is 18.0 Å². The third-order valence-electron chi connectivity index (χ3n) is 3.02. The van der Waals surface area contributed by atoms with Crippen LogP contribution >= 0.6 is 11.8 Å². The van der Waals surface area contributed by atoms with Crippen LogP contribution in [-0.2, 0) is 9.53 Å². The zero-order valence-corrected chi connectivity index (χ0v) is 13.2. The summed E-state index contributed by atoms with van der Waals surface area (Å²) in [6, 6.07) is 16.1. The van der Waals surface area contributed by atoms with Gasteiger partial charge in [0.25, 0.3) is 5.91 Å². The van der Waals surface area contributed by atoms with Gasteiger partial charge in [-0.2, -0.15) is 5.26 Å². The maximum Gasteiger partial charge on any atom is 0.340 e. The molecule has 0 saturated carbocycles. The molecule has 0 aliphatic heterocycles. The Kier molecular flexibility index (Phi) is 5.39. The minimum atomic E-state index is -1.01. The first-order chi connectivity index (χ1) is 11.0. The summed E-state index contributed by atoms with van der Waals surface area (Å²) in [5.74, 6) is -1.34. The molecule has 0 aliphatic rings. The second-order valence-electron chi connectivity index (χ2n) is 4.66. The van der Waals surface area contributed by atoms with Crippen molar-refractivity contribution in [2.75, 3.05) is 0 Å². The molecule has 2 aromatic carbocycles. The van der Waals surface area contributed by atoms with Gasteiger partial charge < -0.3 is 10.5 Å². The average molecular weight is 326 g/mol. The summed E-state index contributed by atoms with van der Waals surface area (Å²) in [6.45, 7) is 1.42. The highest BCUT2D eigenvalue weighted by Gasteiger charge is 2.19. The molecule has 116 valence electrons. The first-order valence-corrected chi connectivity index (χ1v) is 7.61. The summed E-state index contributed by atoms with van der Waals surface area (Å²) in [6.07, 6.45) is -1.01. The summed E-state index contributed by atoms with van der Waals surface area (Å²) >= 11 is 1.29. The van der Waals surface area contributed by atoms with Crippen LogP contribution < -0.4 is 5.73 Å². The minimum Gasteiger partial charge on any atom is -0.449 e. The summed E-state index contributed by atoms with van der Waals surface area (Å²) in [4.78, 5) is 24.6. The second kappa shape index (κ2) is 7.47. The van der Waals surface area contributed by atoms with Gasteiger partial charge in [0.05, 0.1) is 11.1 Å². The number of nitrogens with zero attached hydrogens (tertiary/aromatic N) is 1. The number of nitrogens with two attached hydrogens (primary N) is 1. The molecule has 5 nitrogen and oxygen atoms in total. The van der Waals surface area contributed by atoms with E-state index < -0.39 is 18.0 Å². The van der Waals surface area contributed by atoms with Gasteiger partial charge >= 0.3 is 5.97 Å². The molecule has 0 saturated heterocycles. The number of primary amides is 1. The number of ether oxygens (including phenoxy) is 1. The Morgan fingerprint density at radius 3 is 2.39 bits per heavy atom. The highest BCUT2D eigenvalue weighted by molar-refractivity contribution is 7.99. The van der Waals surface area contributed by atoms with E-state index in [-0.39, 0.29) is 0 Å². The topological polar surface area (TPSA) is 93.2 Å². The van der Waals surface area contributed by atoms with Gasteiger partial charge in [-0.3, -0.25) is 4.79 Å². The van der Waals surface area contributed by atoms with Crippen LogP contribution in [0.1, 0.15) is 22.8 Å². The number of hydrogen-bond acceptors (Lipinski definition) is 5. The molecule has 1 atom stereocenters. The van der Waals surface area contributed by atoms with Crippen molar-refractivity contribution in [3.8, 4) is 6.07 Å². The highest BCUT2D eigenvalue weighted by Crippen LogP contribution is 2.32. The van der Waals surface area contributed by atoms with E-state index >= 15 is 0 Å². The van der Waals surface area contributed by atoms with Crippen LogP contribution in [0.15, 0.2) is 58.3 Å². The molecule has 0 radical (unpaired) electrons. The van der Waals surface area contributed by atoms with Crippen molar-refractivity contribution < 1.29 is 14.3 Å². The maximum absolute atomic E-state index is 12.2. The molecule has 0 fully saturated rings. The number of carbonyl (C=O) groups is 2. The quantitative estimate of drug-likeness (QED) is 0.853. The standard InChI is InChI=1S/C17H14N2O3S/c1-11(16(19)20)22-17(21)13-7-3-5-9-15(13)23-14-8-4-2-6-12(14)10-18/h2-9,11H,1H3,(H2,19,20). The highest BCUT2D eigenvalue weighted by atomic mass is 32.2. The summed E-state index contributed by atoms with van der Waals surface area (Å²) < 4.78 is 5.04. The van der Waals surface area contributed by atoms with Crippen LogP contribution in [0, 0.1) is 11.3 Å². The van der Waals surface area contributed by atoms with Crippen molar-refractivity contribution in [2.24, 2.45) is 5.73 Å². The van der Waals surface area contributed by atoms with Crippen molar-refractivity contribution in [3.63, 3.8) is 0 Å². The number of nitriles is 1. The van der Waals surface area contributed by atoms with Gasteiger partial charge in [-0.05, 0) is 31.2 Å². The maximum atomic E-state index is 12.2. The van der Waals surface area contributed by atoms with Gasteiger partial charge in [0.2, 0.25) is 0 Å². The number of esters is 1. The van der Waals surface area contributed by atoms with Crippen molar-refractivity contribution >= 4 is 23.6 Å². The van der Waals surface area contributed by atoms with Crippen LogP contribution in [0.5, 0.6) is 0 Å². The van der Waals surface area contributed by atoms with E-state index in [9.17, 15) is 9.59 Å². The molecule has 0 bridgehead atoms. The zero-order valence-electron chi connectivity index (χ0n) is 12.4. The Morgan fingerprint density at radius 2 is 1.74 bits per heavy atom. The molecular formula is C17H14N2O3S. The van der Waals surface area contributed by atoms with Gasteiger partial charge in [-0.25, -0.2) is 4.79 Å². The molecular weight excluding hydrogens is 312 g/mol. The lowest BCUT2D eigenvalue weighted by atomic mass is 10.2. The fourth-order valence-electron chi connectivity index (χ4n) is 1.77. The number of carbonyl (C=O) groups excluding carboxylic acids is 2. The largest absolute Gasteiger partial charge is 0.449 e. The number of hydrogen-bond donors (Lipinski definition) is 1. The normalized spacial score (nSPS) is 11.3. The predicted octanol–water partition coefficient (Wildman–Crippen LogP) is 2.74. The van der Waals surface area contributed by atoms with Crippen LogP contribution in [0.3, 0.4) is 0 Å². The van der Waals surface area contributed by atoms with Crippen molar-refractivity contribution in [2.45, 2.75) is 22.8 Å². The first-order valence-electron chi connectivity index (χ1n) is 6.79. The molecule has 0 heterocycles. The second-order valence-corrected chi connectivity index (χ2v) is 5.74. The van der Waals surface area contributed by atoms with Gasteiger partial charge in [-0.1, -0.05) is 36.0 Å². The lowest BCUT2D eigenvalue weighted by Gasteiger charge is -2.12. The molecule has 23 heavy (non-hydrogen) atoms. The van der Waals surface area contributed by atoms with Crippen LogP contribution in [0.4, 0.5) is 0 Å². The summed E-state index contributed by atoms with van der Waals surface area (Å²) in [7, 11) is 0. The Morgan fingerprint density at radius 1 is 1.13 bits per heavy atom. The van der Waals surface area contributed by atoms with Crippen molar-refractivity contribution in [1.29, 1.82) is 5.26 Å². The predicted molar refractivity (Wildman–Crippen MR) is 85.8 cm³/mol. The van der Waals surface area contributed by atoms with E-state index in [1.807, 2.05) is 6.07 Å². The van der Waals surface area contributed by atoms with Crippen LogP contribution in [0.25, 0.3) is 0 Å². The van der Waals surface area contributed by atoms with Crippen molar-refractivity contribution in [1.82, 2.24) is 0 Å². The molecule has 2 N–H and O–H groups in total. The molecule has 0 spiro atoms. The zero-order chi connectivity index (χ0) is 16.8. The minimum absolute atomic E-state index is 0.318. The van der Waals surface area contributed by atoms with E-state index in [4.69, 9.17) is 15.7 Å². The molecule has 2 aromatic rings. The smallest absolute Gasteiger partial charge is 0.340 e. The lowest BCUT2D eigenvalue weighted by Crippen LogP contribution is -2.30. The Balaban J connectivity index is 2.29. The third kappa shape index (κ3) is 4.11. The monoisotopic (exact) mass is 326 g/mol. The van der Waals surface area contributed by atoms with E-state index in [2.05, 4.69) is 6.07 Å². The van der Waals surface area contributed by atoms with Gasteiger partial charge in [-0.15, -0.1) is 0 Å². The third-order valence-corrected chi connectivity index (χ3v) is 4.17. The van der Waals surface area contributed by atoms with E-state index in [1.165, 1.54) is 18.7 Å². The molecule has 1 amide bonds. The summed E-state index contributed by atoms with van der Waals surface area (Å²) in [5, 5.41) is 9.15. The van der Waals surface area contributed by atoms with Gasteiger partial charge in [0.15, 0.2) is 6.10 Å². The molecule has 0 aliphatic carbocycles. The molecule has 1 unspecified atom stereocenters. The van der Waals surface area contributed by atoms with E-state index in [0.29, 0.717) is 16.0 Å². The van der Waals surface area contributed by atoms with E-state index in [0.717, 1.165) is 4.90 Å². The lowest BCUT2D eigenvalue weighted by molar-refractivity contribution is -0.125. The van der Waals surface area contributed by atoms with E-state index in [1.54, 1.807) is 42.5 Å².